The summed E-state index contributed by atoms with van der Waals surface area (Å²) in [5, 5.41) is 2.57. The molecule has 3 heterocycles. The van der Waals surface area contributed by atoms with Crippen LogP contribution < -0.4 is 21.5 Å². The van der Waals surface area contributed by atoms with Crippen LogP contribution in [0.1, 0.15) is 47.1 Å². The zero-order valence-corrected chi connectivity index (χ0v) is 24.2. The van der Waals surface area contributed by atoms with E-state index in [0.29, 0.717) is 47.4 Å². The summed E-state index contributed by atoms with van der Waals surface area (Å²) in [7, 11) is 1.66. The molecule has 2 amide bonds. The molecule has 0 saturated heterocycles. The van der Waals surface area contributed by atoms with E-state index in [4.69, 9.17) is 0 Å². The highest BCUT2D eigenvalue weighted by molar-refractivity contribution is 6.05. The first-order valence-electron chi connectivity index (χ1n) is 14.2. The number of carbonyl (C=O) groups excluding carboxylic acids is 2. The number of aromatic amines is 1. The van der Waals surface area contributed by atoms with Crippen LogP contribution in [0.25, 0.3) is 11.2 Å². The van der Waals surface area contributed by atoms with Gasteiger partial charge in [-0.25, -0.2) is 19.2 Å². The molecule has 1 saturated carbocycles. The summed E-state index contributed by atoms with van der Waals surface area (Å²) in [5.74, 6) is 0.212. The number of hydrogen-bond acceptors (Lipinski definition) is 6. The number of aromatic nitrogens is 5. The van der Waals surface area contributed by atoms with Crippen molar-refractivity contribution in [3.05, 3.63) is 116 Å². The molecule has 0 bridgehead atoms. The van der Waals surface area contributed by atoms with Gasteiger partial charge in [0, 0.05) is 44.4 Å². The molecule has 2 N–H and O–H groups in total. The Bertz CT molecular complexity index is 1990. The van der Waals surface area contributed by atoms with Gasteiger partial charge in [-0.15, -0.1) is 0 Å². The summed E-state index contributed by atoms with van der Waals surface area (Å²) in [6.45, 7) is 1.65. The van der Waals surface area contributed by atoms with Gasteiger partial charge in [-0.2, -0.15) is 0 Å². The van der Waals surface area contributed by atoms with E-state index in [1.54, 1.807) is 49.5 Å². The van der Waals surface area contributed by atoms with Crippen molar-refractivity contribution < 1.29 is 14.0 Å². The summed E-state index contributed by atoms with van der Waals surface area (Å²) >= 11 is 0. The van der Waals surface area contributed by atoms with Crippen LogP contribution in [0.15, 0.2) is 76.4 Å². The number of imidazole rings is 1. The number of H-pyrrole nitrogens is 1. The number of amides is 2. The number of pyridine rings is 1. The van der Waals surface area contributed by atoms with Crippen molar-refractivity contribution in [3.8, 4) is 0 Å². The Balaban J connectivity index is 1.24. The Hall–Kier alpha value is -5.39. The van der Waals surface area contributed by atoms with E-state index in [2.05, 4.69) is 20.3 Å². The van der Waals surface area contributed by atoms with Gasteiger partial charge in [-0.1, -0.05) is 30.3 Å². The van der Waals surface area contributed by atoms with Crippen molar-refractivity contribution in [1.29, 1.82) is 0 Å². The molecule has 1 aliphatic carbocycles. The van der Waals surface area contributed by atoms with Crippen molar-refractivity contribution in [1.82, 2.24) is 24.1 Å². The van der Waals surface area contributed by atoms with Crippen molar-refractivity contribution in [2.24, 2.45) is 5.92 Å². The molecule has 6 rings (SSSR count). The molecule has 12 heteroatoms. The average Bonchev–Trinajstić information content (AvgIpc) is 3.74. The minimum Gasteiger partial charge on any atom is -0.336 e. The highest BCUT2D eigenvalue weighted by Crippen LogP contribution is 2.30. The van der Waals surface area contributed by atoms with E-state index in [-0.39, 0.29) is 29.4 Å². The average molecular weight is 596 g/mol. The van der Waals surface area contributed by atoms with Crippen molar-refractivity contribution >= 4 is 34.5 Å². The molecule has 0 spiro atoms. The van der Waals surface area contributed by atoms with Crippen LogP contribution >= 0.6 is 0 Å². The van der Waals surface area contributed by atoms with Gasteiger partial charge in [0.15, 0.2) is 5.65 Å². The standard InChI is InChI=1S/C32H30FN7O4/c1-19(41)35-26-14-11-22(16-34-26)30(42)38(2)24-12-9-20(10-13-24)15-27-36-28-29(37-27)39(17-21-7-8-21)32(44)40(31(28)43)18-23-5-3-4-6-25(23)33/h3-6,9-14,16,21H,7-8,15,17-18H2,1-2H3,(H,36,37)(H,34,35,41). The zero-order chi connectivity index (χ0) is 31.0. The van der Waals surface area contributed by atoms with Crippen LogP contribution in [0.5, 0.6) is 0 Å². The SMILES string of the molecule is CC(=O)Nc1ccc(C(=O)N(C)c2ccc(Cc3nc4c([nH]3)c(=O)n(Cc3ccccc3F)c(=O)n4CC3CC3)cc2)cn1. The molecule has 5 aromatic rings. The fourth-order valence-electron chi connectivity index (χ4n) is 5.07. The van der Waals surface area contributed by atoms with Crippen molar-refractivity contribution in [2.45, 2.75) is 39.3 Å². The molecule has 0 atom stereocenters. The number of nitrogens with one attached hydrogen (secondary N) is 2. The van der Waals surface area contributed by atoms with Gasteiger partial charge in [0.25, 0.3) is 11.5 Å². The second kappa shape index (κ2) is 11.7. The number of nitrogens with zero attached hydrogens (tertiary/aromatic N) is 5. The number of fused-ring (bicyclic) bond motifs is 1. The molecule has 3 aromatic heterocycles. The Labute approximate surface area is 251 Å². The van der Waals surface area contributed by atoms with Crippen LogP contribution in [0, 0.1) is 11.7 Å². The minimum atomic E-state index is -0.547. The summed E-state index contributed by atoms with van der Waals surface area (Å²) in [5.41, 5.74) is 1.60. The maximum Gasteiger partial charge on any atom is 0.333 e. The third-order valence-corrected chi connectivity index (χ3v) is 7.65. The first-order chi connectivity index (χ1) is 21.2. The van der Waals surface area contributed by atoms with Crippen molar-refractivity contribution in [3.63, 3.8) is 0 Å². The number of halogens is 1. The summed E-state index contributed by atoms with van der Waals surface area (Å²) in [4.78, 5) is 64.5. The van der Waals surface area contributed by atoms with E-state index in [0.717, 1.165) is 23.0 Å². The maximum absolute atomic E-state index is 14.4. The Kier molecular flexibility index (Phi) is 7.64. The lowest BCUT2D eigenvalue weighted by atomic mass is 10.1. The highest BCUT2D eigenvalue weighted by Gasteiger charge is 2.26. The molecule has 1 aliphatic rings. The maximum atomic E-state index is 14.4. The van der Waals surface area contributed by atoms with E-state index < -0.39 is 17.1 Å². The second-order valence-electron chi connectivity index (χ2n) is 11.0. The fourth-order valence-corrected chi connectivity index (χ4v) is 5.07. The first-order valence-corrected chi connectivity index (χ1v) is 14.2. The van der Waals surface area contributed by atoms with Gasteiger partial charge in [-0.3, -0.25) is 23.5 Å². The van der Waals surface area contributed by atoms with Gasteiger partial charge in [-0.05, 0) is 54.7 Å². The highest BCUT2D eigenvalue weighted by atomic mass is 19.1. The van der Waals surface area contributed by atoms with E-state index in [9.17, 15) is 23.6 Å². The van der Waals surface area contributed by atoms with E-state index in [1.807, 2.05) is 12.1 Å². The number of carbonyl (C=O) groups is 2. The minimum absolute atomic E-state index is 0.178. The van der Waals surface area contributed by atoms with Gasteiger partial charge in [0.2, 0.25) is 5.91 Å². The Morgan fingerprint density at radius 2 is 1.80 bits per heavy atom. The van der Waals surface area contributed by atoms with Crippen LogP contribution in [-0.4, -0.2) is 42.9 Å². The van der Waals surface area contributed by atoms with Crippen LogP contribution in [0.2, 0.25) is 0 Å². The first kappa shape index (κ1) is 28.7. The quantitative estimate of drug-likeness (QED) is 0.267. The van der Waals surface area contributed by atoms with E-state index >= 15 is 0 Å². The third-order valence-electron chi connectivity index (χ3n) is 7.65. The normalized spacial score (nSPS) is 12.8. The van der Waals surface area contributed by atoms with Gasteiger partial charge >= 0.3 is 5.69 Å². The lowest BCUT2D eigenvalue weighted by Gasteiger charge is -2.17. The van der Waals surface area contributed by atoms with Gasteiger partial charge in [0.1, 0.15) is 23.0 Å². The summed E-state index contributed by atoms with van der Waals surface area (Å²) in [6, 6.07) is 16.6. The van der Waals surface area contributed by atoms with Crippen molar-refractivity contribution in [2.75, 3.05) is 17.3 Å². The molecule has 224 valence electrons. The largest absolute Gasteiger partial charge is 0.336 e. The molecular weight excluding hydrogens is 565 g/mol. The Morgan fingerprint density at radius 3 is 2.45 bits per heavy atom. The zero-order valence-electron chi connectivity index (χ0n) is 24.2. The summed E-state index contributed by atoms with van der Waals surface area (Å²) in [6.07, 6.45) is 3.76. The van der Waals surface area contributed by atoms with Gasteiger partial charge < -0.3 is 15.2 Å². The monoisotopic (exact) mass is 595 g/mol. The topological polar surface area (TPSA) is 135 Å². The lowest BCUT2D eigenvalue weighted by Crippen LogP contribution is -2.40. The molecule has 1 fully saturated rings. The molecular formula is C32H30FN7O4. The van der Waals surface area contributed by atoms with Crippen LogP contribution in [0.4, 0.5) is 15.9 Å². The van der Waals surface area contributed by atoms with E-state index in [1.165, 1.54) is 28.7 Å². The van der Waals surface area contributed by atoms with Gasteiger partial charge in [0.05, 0.1) is 12.1 Å². The molecule has 44 heavy (non-hydrogen) atoms. The number of rotatable bonds is 9. The molecule has 0 unspecified atom stereocenters. The number of anilines is 2. The molecule has 0 aliphatic heterocycles. The fraction of sp³-hybridized carbons (Fsp3) is 0.250. The number of benzene rings is 2. The van der Waals surface area contributed by atoms with Crippen LogP contribution in [0.3, 0.4) is 0 Å². The summed E-state index contributed by atoms with van der Waals surface area (Å²) < 4.78 is 17.0. The predicted octanol–water partition coefficient (Wildman–Crippen LogP) is 3.70. The third kappa shape index (κ3) is 5.91. The second-order valence-corrected chi connectivity index (χ2v) is 11.0. The Morgan fingerprint density at radius 1 is 1.05 bits per heavy atom. The molecule has 2 aromatic carbocycles. The molecule has 11 nitrogen and oxygen atoms in total. The van der Waals surface area contributed by atoms with Crippen LogP contribution in [-0.2, 0) is 24.3 Å². The molecule has 0 radical (unpaired) electrons. The number of hydrogen-bond donors (Lipinski definition) is 2. The smallest absolute Gasteiger partial charge is 0.333 e. The lowest BCUT2D eigenvalue weighted by molar-refractivity contribution is -0.114. The predicted molar refractivity (Wildman–Crippen MR) is 163 cm³/mol.